The molecule has 2 rings (SSSR count). The molecule has 1 amide bonds. The molecule has 0 atom stereocenters. The first-order chi connectivity index (χ1) is 8.81. The summed E-state index contributed by atoms with van der Waals surface area (Å²) in [4.78, 5) is 11.0. The molecule has 0 radical (unpaired) electrons. The van der Waals surface area contributed by atoms with E-state index in [0.717, 1.165) is 30.2 Å². The number of hydrogen-bond donors (Lipinski definition) is 2. The van der Waals surface area contributed by atoms with Crippen LogP contribution in [0.25, 0.3) is 0 Å². The van der Waals surface area contributed by atoms with Gasteiger partial charge in [-0.1, -0.05) is 24.6 Å². The molecule has 0 unspecified atom stereocenters. The predicted molar refractivity (Wildman–Crippen MR) is 67.6 cm³/mol. The van der Waals surface area contributed by atoms with Crippen molar-refractivity contribution in [1.82, 2.24) is 25.6 Å². The van der Waals surface area contributed by atoms with E-state index in [0.29, 0.717) is 12.5 Å². The third-order valence-electron chi connectivity index (χ3n) is 3.07. The van der Waals surface area contributed by atoms with Gasteiger partial charge in [-0.15, -0.1) is 5.10 Å². The van der Waals surface area contributed by atoms with Crippen molar-refractivity contribution in [2.24, 2.45) is 5.84 Å². The van der Waals surface area contributed by atoms with Gasteiger partial charge >= 0.3 is 0 Å². The number of aromatic nitrogens is 4. The Kier molecular flexibility index (Phi) is 4.94. The Bertz CT molecular complexity index is 389. The number of tetrazole rings is 1. The lowest BCUT2D eigenvalue weighted by Gasteiger charge is -2.10. The zero-order chi connectivity index (χ0) is 12.8. The summed E-state index contributed by atoms with van der Waals surface area (Å²) in [6.07, 6.45) is 6.04. The molecule has 8 heteroatoms. The highest BCUT2D eigenvalue weighted by molar-refractivity contribution is 7.99. The van der Waals surface area contributed by atoms with E-state index >= 15 is 0 Å². The minimum absolute atomic E-state index is 0.133. The van der Waals surface area contributed by atoms with E-state index in [1.807, 2.05) is 4.68 Å². The van der Waals surface area contributed by atoms with Crippen LogP contribution in [-0.4, -0.2) is 31.9 Å². The molecule has 0 aliphatic heterocycles. The van der Waals surface area contributed by atoms with Crippen molar-refractivity contribution in [3.8, 4) is 0 Å². The molecule has 3 N–H and O–H groups in total. The summed E-state index contributed by atoms with van der Waals surface area (Å²) in [5.41, 5.74) is 2.12. The third kappa shape index (κ3) is 3.42. The van der Waals surface area contributed by atoms with Gasteiger partial charge in [0.25, 0.3) is 0 Å². The second-order valence-corrected chi connectivity index (χ2v) is 5.43. The van der Waals surface area contributed by atoms with Gasteiger partial charge in [0.2, 0.25) is 11.1 Å². The Balaban J connectivity index is 1.79. The van der Waals surface area contributed by atoms with Crippen LogP contribution in [0.5, 0.6) is 0 Å². The molecule has 0 spiro atoms. The number of nitrogens with zero attached hydrogens (tertiary/aromatic N) is 4. The second-order valence-electron chi connectivity index (χ2n) is 4.36. The van der Waals surface area contributed by atoms with Crippen molar-refractivity contribution in [3.05, 3.63) is 0 Å². The fourth-order valence-corrected chi connectivity index (χ4v) is 3.01. The number of thioether (sulfide) groups is 1. The molecule has 1 aromatic heterocycles. The van der Waals surface area contributed by atoms with Crippen LogP contribution in [0, 0.1) is 0 Å². The number of carbonyl (C=O) groups is 1. The number of carbonyl (C=O) groups excluding carboxylic acids is 1. The third-order valence-corrected chi connectivity index (χ3v) is 4.09. The van der Waals surface area contributed by atoms with Gasteiger partial charge in [0.05, 0.1) is 6.04 Å². The van der Waals surface area contributed by atoms with Crippen molar-refractivity contribution in [1.29, 1.82) is 0 Å². The summed E-state index contributed by atoms with van der Waals surface area (Å²) >= 11 is 1.60. The molecular formula is C10H18N6OS. The standard InChI is InChI=1S/C10H18N6OS/c11-12-9(17)6-3-7-18-10-13-14-15-16(10)8-4-1-2-5-8/h8H,1-7,11H2,(H,12,17). The SMILES string of the molecule is NNC(=O)CCCSc1nnnn1C1CCCC1. The molecule has 1 aliphatic carbocycles. The number of amides is 1. The van der Waals surface area contributed by atoms with Crippen molar-refractivity contribution in [2.45, 2.75) is 49.7 Å². The topological polar surface area (TPSA) is 98.7 Å². The average Bonchev–Trinajstić information content (AvgIpc) is 3.04. The molecule has 1 aromatic rings. The van der Waals surface area contributed by atoms with E-state index in [4.69, 9.17) is 5.84 Å². The van der Waals surface area contributed by atoms with Crippen LogP contribution in [0.3, 0.4) is 0 Å². The molecule has 0 bridgehead atoms. The molecule has 1 aliphatic rings. The first-order valence-electron chi connectivity index (χ1n) is 6.21. The van der Waals surface area contributed by atoms with E-state index in [1.54, 1.807) is 11.8 Å². The maximum atomic E-state index is 11.0. The van der Waals surface area contributed by atoms with Crippen LogP contribution in [0.2, 0.25) is 0 Å². The molecule has 18 heavy (non-hydrogen) atoms. The van der Waals surface area contributed by atoms with Crippen LogP contribution >= 0.6 is 11.8 Å². The van der Waals surface area contributed by atoms with Crippen LogP contribution in [0.1, 0.15) is 44.6 Å². The Labute approximate surface area is 110 Å². The van der Waals surface area contributed by atoms with E-state index in [-0.39, 0.29) is 5.91 Å². The van der Waals surface area contributed by atoms with Crippen molar-refractivity contribution in [3.63, 3.8) is 0 Å². The smallest absolute Gasteiger partial charge is 0.233 e. The van der Waals surface area contributed by atoms with Gasteiger partial charge < -0.3 is 0 Å². The zero-order valence-corrected chi connectivity index (χ0v) is 11.0. The van der Waals surface area contributed by atoms with E-state index in [1.165, 1.54) is 12.8 Å². The number of nitrogens with two attached hydrogens (primary N) is 1. The van der Waals surface area contributed by atoms with Crippen LogP contribution in [0.4, 0.5) is 0 Å². The lowest BCUT2D eigenvalue weighted by Crippen LogP contribution is -2.29. The number of nitrogens with one attached hydrogen (secondary N) is 1. The Hall–Kier alpha value is -1.15. The molecule has 1 heterocycles. The van der Waals surface area contributed by atoms with Gasteiger partial charge in [0.15, 0.2) is 0 Å². The summed E-state index contributed by atoms with van der Waals surface area (Å²) in [6.45, 7) is 0. The monoisotopic (exact) mass is 270 g/mol. The van der Waals surface area contributed by atoms with Crippen molar-refractivity contribution in [2.75, 3.05) is 5.75 Å². The highest BCUT2D eigenvalue weighted by Gasteiger charge is 2.21. The second kappa shape index (κ2) is 6.69. The summed E-state index contributed by atoms with van der Waals surface area (Å²) in [5.74, 6) is 5.70. The highest BCUT2D eigenvalue weighted by Crippen LogP contribution is 2.31. The van der Waals surface area contributed by atoms with Gasteiger partial charge in [0.1, 0.15) is 0 Å². The molecule has 1 saturated carbocycles. The summed E-state index contributed by atoms with van der Waals surface area (Å²) in [6, 6.07) is 0.454. The first kappa shape index (κ1) is 13.3. The lowest BCUT2D eigenvalue weighted by molar-refractivity contribution is -0.121. The molecule has 100 valence electrons. The van der Waals surface area contributed by atoms with Gasteiger partial charge in [0, 0.05) is 12.2 Å². The Morgan fingerprint density at radius 2 is 2.28 bits per heavy atom. The number of hydrazine groups is 1. The Morgan fingerprint density at radius 3 is 3.00 bits per heavy atom. The summed E-state index contributed by atoms with van der Waals surface area (Å²) in [5, 5.41) is 12.7. The maximum absolute atomic E-state index is 11.0. The maximum Gasteiger partial charge on any atom is 0.233 e. The first-order valence-corrected chi connectivity index (χ1v) is 7.20. The fraction of sp³-hybridized carbons (Fsp3) is 0.800. The predicted octanol–water partition coefficient (Wildman–Crippen LogP) is 0.650. The summed E-state index contributed by atoms with van der Waals surface area (Å²) < 4.78 is 1.93. The van der Waals surface area contributed by atoms with Crippen molar-refractivity contribution < 1.29 is 4.79 Å². The molecule has 0 saturated heterocycles. The van der Waals surface area contributed by atoms with Gasteiger partial charge in [-0.05, 0) is 29.7 Å². The minimum Gasteiger partial charge on any atom is -0.294 e. The Morgan fingerprint density at radius 1 is 1.50 bits per heavy atom. The van der Waals surface area contributed by atoms with Gasteiger partial charge in [-0.25, -0.2) is 10.5 Å². The van der Waals surface area contributed by atoms with Gasteiger partial charge in [-0.2, -0.15) is 0 Å². The van der Waals surface area contributed by atoms with E-state index < -0.39 is 0 Å². The minimum atomic E-state index is -0.133. The summed E-state index contributed by atoms with van der Waals surface area (Å²) in [7, 11) is 0. The van der Waals surface area contributed by atoms with Crippen LogP contribution < -0.4 is 11.3 Å². The van der Waals surface area contributed by atoms with Crippen LogP contribution in [-0.2, 0) is 4.79 Å². The van der Waals surface area contributed by atoms with E-state index in [9.17, 15) is 4.79 Å². The molecular weight excluding hydrogens is 252 g/mol. The molecule has 1 fully saturated rings. The average molecular weight is 270 g/mol. The zero-order valence-electron chi connectivity index (χ0n) is 10.2. The molecule has 7 nitrogen and oxygen atoms in total. The quantitative estimate of drug-likeness (QED) is 0.259. The number of hydrogen-bond acceptors (Lipinski definition) is 6. The molecule has 0 aromatic carbocycles. The van der Waals surface area contributed by atoms with E-state index in [2.05, 4.69) is 21.0 Å². The fourth-order valence-electron chi connectivity index (χ4n) is 2.13. The van der Waals surface area contributed by atoms with Crippen LogP contribution in [0.15, 0.2) is 5.16 Å². The van der Waals surface area contributed by atoms with Crippen molar-refractivity contribution >= 4 is 17.7 Å². The lowest BCUT2D eigenvalue weighted by atomic mass is 10.3. The normalized spacial score (nSPS) is 16.1. The largest absolute Gasteiger partial charge is 0.294 e. The number of rotatable bonds is 6. The highest BCUT2D eigenvalue weighted by atomic mass is 32.2. The van der Waals surface area contributed by atoms with Gasteiger partial charge in [-0.3, -0.25) is 10.2 Å².